The van der Waals surface area contributed by atoms with Crippen LogP contribution in [0.3, 0.4) is 0 Å². The van der Waals surface area contributed by atoms with E-state index in [9.17, 15) is 16.8 Å². The predicted molar refractivity (Wildman–Crippen MR) is 219 cm³/mol. The van der Waals surface area contributed by atoms with Gasteiger partial charge in [-0.05, 0) is 100 Å². The molecule has 0 amide bonds. The minimum atomic E-state index is -3.70. The molecule has 0 saturated carbocycles. The van der Waals surface area contributed by atoms with Crippen LogP contribution in [0.25, 0.3) is 0 Å². The summed E-state index contributed by atoms with van der Waals surface area (Å²) in [6, 6.07) is 12.9. The van der Waals surface area contributed by atoms with Crippen LogP contribution in [0.2, 0.25) is 0 Å². The monoisotopic (exact) mass is 746 g/mol. The molecule has 0 unspecified atom stereocenters. The Morgan fingerprint density at radius 2 is 0.939 bits per heavy atom. The molecule has 0 spiro atoms. The Bertz CT molecular complexity index is 1490. The fourth-order valence-electron chi connectivity index (χ4n) is 2.19. The molecule has 9 heteroatoms. The average Bonchev–Trinajstić information content (AvgIpc) is 2.85. The van der Waals surface area contributed by atoms with Crippen molar-refractivity contribution in [3.05, 3.63) is 59.7 Å². The summed E-state index contributed by atoms with van der Waals surface area (Å²) in [6.45, 7) is 21.5. The fraction of sp³-hybridized carbons (Fsp3) is 0.550. The lowest BCUT2D eigenvalue weighted by molar-refractivity contribution is 0.350. The number of halogens is 1. The second kappa shape index (κ2) is 29.0. The number of hydrogen-bond donors (Lipinski definition) is 1. The van der Waals surface area contributed by atoms with Gasteiger partial charge in [0.2, 0.25) is 0 Å². The summed E-state index contributed by atoms with van der Waals surface area (Å²) in [7, 11) is -2.16. The summed E-state index contributed by atoms with van der Waals surface area (Å²) in [5.74, 6) is 13.7. The van der Waals surface area contributed by atoms with Gasteiger partial charge in [0.05, 0.1) is 9.79 Å². The third-order valence-electron chi connectivity index (χ3n) is 4.34. The molecule has 0 aromatic heterocycles. The summed E-state index contributed by atoms with van der Waals surface area (Å²) >= 11 is 0. The molecular weight excluding hydrogens is 676 g/mol. The van der Waals surface area contributed by atoms with E-state index >= 15 is 0 Å². The van der Waals surface area contributed by atoms with E-state index in [2.05, 4.69) is 29.6 Å². The summed E-state index contributed by atoms with van der Waals surface area (Å²) in [5.41, 5.74) is 1.95. The normalized spacial score (nSPS) is 9.80. The van der Waals surface area contributed by atoms with E-state index in [1.807, 2.05) is 76.2 Å². The van der Waals surface area contributed by atoms with Crippen molar-refractivity contribution < 1.29 is 26.1 Å². The van der Waals surface area contributed by atoms with Crippen molar-refractivity contribution in [1.82, 2.24) is 0 Å². The molecular formula is C40H71ClO6S2. The minimum Gasteiger partial charge on any atom is -0.384 e. The Kier molecular flexibility index (Phi) is 38.3. The zero-order valence-corrected chi connectivity index (χ0v) is 29.7. The number of rotatable bonds is 4. The smallest absolute Gasteiger partial charge is 0.297 e. The van der Waals surface area contributed by atoms with Crippen molar-refractivity contribution in [3.63, 3.8) is 0 Å². The first-order valence-corrected chi connectivity index (χ1v) is 17.1. The van der Waals surface area contributed by atoms with Crippen molar-refractivity contribution in [2.75, 3.05) is 13.2 Å². The van der Waals surface area contributed by atoms with Crippen LogP contribution in [-0.2, 0) is 23.4 Å². The molecule has 0 saturated heterocycles. The van der Waals surface area contributed by atoms with Gasteiger partial charge in [-0.15, -0.1) is 12.3 Å². The lowest BCUT2D eigenvalue weighted by Gasteiger charge is -2.07. The minimum absolute atomic E-state index is 0. The van der Waals surface area contributed by atoms with Crippen LogP contribution in [-0.4, -0.2) is 35.2 Å². The summed E-state index contributed by atoms with van der Waals surface area (Å²) in [5, 5.41) is 8.26. The first kappa shape index (κ1) is 64.7. The second-order valence-corrected chi connectivity index (χ2v) is 16.6. The number of benzene rings is 2. The van der Waals surface area contributed by atoms with Gasteiger partial charge in [-0.1, -0.05) is 104 Å². The Hall–Kier alpha value is -2.77. The highest BCUT2D eigenvalue weighted by Gasteiger charge is 2.14. The summed E-state index contributed by atoms with van der Waals surface area (Å²) < 4.78 is 49.8. The molecule has 0 aliphatic rings. The number of aliphatic hydroxyl groups is 1. The Morgan fingerprint density at radius 1 is 0.633 bits per heavy atom. The molecule has 0 fully saturated rings. The topological polar surface area (TPSA) is 97.7 Å². The van der Waals surface area contributed by atoms with E-state index in [0.717, 1.165) is 11.1 Å². The summed E-state index contributed by atoms with van der Waals surface area (Å²) in [6.07, 6.45) is 5.06. The number of aryl methyl sites for hydroxylation is 2. The Balaban J connectivity index is -0.0000000791. The SMILES string of the molecule is C.C.C.C.C.C.C#CC(C)(C)C.CC(C)(C)C#CCO.Cc1ccc(S(=O)(=O)Cl)cc1.Cc1ccc(S(=O)(=O)OCC#CC(C)(C)C)cc1. The molecule has 2 aromatic carbocycles. The molecule has 0 aliphatic carbocycles. The van der Waals surface area contributed by atoms with Crippen molar-refractivity contribution in [2.24, 2.45) is 16.2 Å². The third-order valence-corrected chi connectivity index (χ3v) is 6.98. The maximum absolute atomic E-state index is 11.8. The molecule has 0 radical (unpaired) electrons. The van der Waals surface area contributed by atoms with Crippen molar-refractivity contribution in [1.29, 1.82) is 0 Å². The van der Waals surface area contributed by atoms with Crippen LogP contribution in [0.1, 0.15) is 118 Å². The highest BCUT2D eigenvalue weighted by Crippen LogP contribution is 2.15. The first-order valence-electron chi connectivity index (χ1n) is 13.4. The number of hydrogen-bond acceptors (Lipinski definition) is 6. The molecule has 2 aromatic rings. The van der Waals surface area contributed by atoms with Crippen molar-refractivity contribution in [2.45, 2.75) is 131 Å². The van der Waals surface area contributed by atoms with E-state index in [1.54, 1.807) is 24.3 Å². The molecule has 0 aliphatic heterocycles. The van der Waals surface area contributed by atoms with Gasteiger partial charge in [-0.2, -0.15) is 8.42 Å². The van der Waals surface area contributed by atoms with Crippen LogP contribution in [0.5, 0.6) is 0 Å². The molecule has 49 heavy (non-hydrogen) atoms. The third kappa shape index (κ3) is 39.6. The van der Waals surface area contributed by atoms with Crippen molar-refractivity contribution >= 4 is 29.9 Å². The molecule has 286 valence electrons. The van der Waals surface area contributed by atoms with Gasteiger partial charge in [0.1, 0.15) is 13.2 Å². The zero-order valence-electron chi connectivity index (χ0n) is 27.3. The van der Waals surface area contributed by atoms with Crippen LogP contribution in [0, 0.1) is 66.1 Å². The average molecular weight is 748 g/mol. The van der Waals surface area contributed by atoms with Crippen LogP contribution in [0.4, 0.5) is 0 Å². The van der Waals surface area contributed by atoms with Crippen LogP contribution >= 0.6 is 10.7 Å². The van der Waals surface area contributed by atoms with E-state index in [0.29, 0.717) is 0 Å². The maximum Gasteiger partial charge on any atom is 0.297 e. The number of terminal acetylenes is 1. The van der Waals surface area contributed by atoms with Crippen LogP contribution in [0.15, 0.2) is 58.3 Å². The highest BCUT2D eigenvalue weighted by atomic mass is 35.7. The zero-order chi connectivity index (χ0) is 34.1. The molecule has 0 heterocycles. The van der Waals surface area contributed by atoms with Gasteiger partial charge in [0.25, 0.3) is 19.2 Å². The quantitative estimate of drug-likeness (QED) is 0.190. The van der Waals surface area contributed by atoms with Gasteiger partial charge in [-0.3, -0.25) is 4.18 Å². The number of aliphatic hydroxyl groups excluding tert-OH is 1. The molecule has 2 rings (SSSR count). The van der Waals surface area contributed by atoms with Gasteiger partial charge >= 0.3 is 0 Å². The van der Waals surface area contributed by atoms with E-state index < -0.39 is 19.2 Å². The van der Waals surface area contributed by atoms with E-state index in [4.69, 9.17) is 26.4 Å². The fourth-order valence-corrected chi connectivity index (χ4v) is 3.78. The Labute approximate surface area is 310 Å². The maximum atomic E-state index is 11.8. The van der Waals surface area contributed by atoms with E-state index in [1.165, 1.54) is 24.3 Å². The van der Waals surface area contributed by atoms with Gasteiger partial charge in [0, 0.05) is 26.9 Å². The predicted octanol–water partition coefficient (Wildman–Crippen LogP) is 11.2. The van der Waals surface area contributed by atoms with Gasteiger partial charge in [-0.25, -0.2) is 8.42 Å². The highest BCUT2D eigenvalue weighted by molar-refractivity contribution is 8.13. The lowest BCUT2D eigenvalue weighted by Crippen LogP contribution is -2.07. The van der Waals surface area contributed by atoms with Crippen molar-refractivity contribution in [3.8, 4) is 36.0 Å². The standard InChI is InChI=1S/C14H18O3S.C7H7ClO2S.C7H12O.C6H10.6CH4/c1-12-6-8-13(9-7-12)18(15,16)17-11-5-10-14(2,3)4;1-6-2-4-7(5-3-6)11(8,9)10;1-7(2,3)5-4-6-8;1-5-6(2,3)4;;;;;;/h6-9H,11H2,1-4H3;2-5H,1H3;8H,6H2,1-3H3;1H,2-4H3;6*1H4. The largest absolute Gasteiger partial charge is 0.384 e. The summed E-state index contributed by atoms with van der Waals surface area (Å²) in [4.78, 5) is 0.301. The molecule has 0 bridgehead atoms. The molecule has 0 atom stereocenters. The Morgan fingerprint density at radius 3 is 1.18 bits per heavy atom. The molecule has 6 nitrogen and oxygen atoms in total. The molecule has 1 N–H and O–H groups in total. The van der Waals surface area contributed by atoms with Gasteiger partial charge < -0.3 is 5.11 Å². The van der Waals surface area contributed by atoms with Gasteiger partial charge in [0.15, 0.2) is 0 Å². The first-order chi connectivity index (χ1) is 19.3. The van der Waals surface area contributed by atoms with E-state index in [-0.39, 0.29) is 83.8 Å². The van der Waals surface area contributed by atoms with Crippen LogP contribution < -0.4 is 0 Å². The second-order valence-electron chi connectivity index (χ2n) is 12.4. The lowest BCUT2D eigenvalue weighted by atomic mass is 9.98.